The predicted octanol–water partition coefficient (Wildman–Crippen LogP) is 2.26. The zero-order valence-electron chi connectivity index (χ0n) is 11.0. The second kappa shape index (κ2) is 7.93. The summed E-state index contributed by atoms with van der Waals surface area (Å²) in [6, 6.07) is 2.27. The molecular weight excluding hydrogens is 286 g/mol. The summed E-state index contributed by atoms with van der Waals surface area (Å²) in [5, 5.41) is 12.4. The SMILES string of the molecule is O=C(O)CCCCC(=O)NC(=O)Nc1cccc(F)c1F. The van der Waals surface area contributed by atoms with Gasteiger partial charge in [0.1, 0.15) is 0 Å². The van der Waals surface area contributed by atoms with Crippen LogP contribution in [0.25, 0.3) is 0 Å². The van der Waals surface area contributed by atoms with Crippen molar-refractivity contribution in [1.82, 2.24) is 5.32 Å². The summed E-state index contributed by atoms with van der Waals surface area (Å²) >= 11 is 0. The first kappa shape index (κ1) is 16.5. The summed E-state index contributed by atoms with van der Waals surface area (Å²) < 4.78 is 26.2. The van der Waals surface area contributed by atoms with Crippen molar-refractivity contribution in [3.05, 3.63) is 29.8 Å². The number of anilines is 1. The molecule has 0 aromatic heterocycles. The first-order chi connectivity index (χ1) is 9.90. The van der Waals surface area contributed by atoms with Crippen LogP contribution in [0, 0.1) is 11.6 Å². The molecule has 0 spiro atoms. The lowest BCUT2D eigenvalue weighted by molar-refractivity contribution is -0.137. The quantitative estimate of drug-likeness (QED) is 0.702. The van der Waals surface area contributed by atoms with Gasteiger partial charge in [0.25, 0.3) is 0 Å². The first-order valence-corrected chi connectivity index (χ1v) is 6.17. The Bertz CT molecular complexity index is 549. The van der Waals surface area contributed by atoms with E-state index in [0.717, 1.165) is 12.1 Å². The Balaban J connectivity index is 2.38. The lowest BCUT2D eigenvalue weighted by Crippen LogP contribution is -2.34. The highest BCUT2D eigenvalue weighted by atomic mass is 19.2. The molecule has 21 heavy (non-hydrogen) atoms. The number of rotatable bonds is 6. The second-order valence-electron chi connectivity index (χ2n) is 4.20. The van der Waals surface area contributed by atoms with Crippen molar-refractivity contribution in [3.63, 3.8) is 0 Å². The molecule has 0 radical (unpaired) electrons. The van der Waals surface area contributed by atoms with Crippen LogP contribution in [0.2, 0.25) is 0 Å². The molecule has 0 aliphatic carbocycles. The minimum atomic E-state index is -1.22. The predicted molar refractivity (Wildman–Crippen MR) is 69.6 cm³/mol. The van der Waals surface area contributed by atoms with E-state index in [-0.39, 0.29) is 18.5 Å². The maximum absolute atomic E-state index is 13.3. The van der Waals surface area contributed by atoms with Gasteiger partial charge in [0.15, 0.2) is 11.6 Å². The maximum Gasteiger partial charge on any atom is 0.325 e. The minimum absolute atomic E-state index is 0.0354. The number of nitrogens with one attached hydrogen (secondary N) is 2. The van der Waals surface area contributed by atoms with Gasteiger partial charge in [0.2, 0.25) is 5.91 Å². The Hall–Kier alpha value is -2.51. The van der Waals surface area contributed by atoms with Gasteiger partial charge in [-0.2, -0.15) is 0 Å². The van der Waals surface area contributed by atoms with Gasteiger partial charge in [-0.1, -0.05) is 6.07 Å². The van der Waals surface area contributed by atoms with Crippen molar-refractivity contribution in [3.8, 4) is 0 Å². The Morgan fingerprint density at radius 1 is 1.10 bits per heavy atom. The van der Waals surface area contributed by atoms with E-state index in [4.69, 9.17) is 5.11 Å². The van der Waals surface area contributed by atoms with Crippen molar-refractivity contribution in [2.45, 2.75) is 25.7 Å². The number of carboxylic acid groups (broad SMARTS) is 1. The van der Waals surface area contributed by atoms with E-state index in [1.54, 1.807) is 0 Å². The average Bonchev–Trinajstić information content (AvgIpc) is 2.40. The molecule has 0 bridgehead atoms. The maximum atomic E-state index is 13.3. The highest BCUT2D eigenvalue weighted by Gasteiger charge is 2.12. The molecule has 0 heterocycles. The van der Waals surface area contributed by atoms with Crippen molar-refractivity contribution in [2.24, 2.45) is 0 Å². The van der Waals surface area contributed by atoms with Gasteiger partial charge in [-0.05, 0) is 25.0 Å². The molecule has 114 valence electrons. The van der Waals surface area contributed by atoms with Gasteiger partial charge >= 0.3 is 12.0 Å². The number of hydrogen-bond donors (Lipinski definition) is 3. The second-order valence-corrected chi connectivity index (χ2v) is 4.20. The smallest absolute Gasteiger partial charge is 0.325 e. The number of unbranched alkanes of at least 4 members (excludes halogenated alkanes) is 1. The molecule has 0 aliphatic rings. The number of imide groups is 1. The van der Waals surface area contributed by atoms with E-state index in [9.17, 15) is 23.2 Å². The number of halogens is 2. The van der Waals surface area contributed by atoms with Gasteiger partial charge in [-0.3, -0.25) is 14.9 Å². The Labute approximate surface area is 119 Å². The molecule has 0 saturated heterocycles. The van der Waals surface area contributed by atoms with Crippen molar-refractivity contribution in [2.75, 3.05) is 5.32 Å². The highest BCUT2D eigenvalue weighted by molar-refractivity contribution is 6.01. The zero-order valence-corrected chi connectivity index (χ0v) is 11.0. The zero-order chi connectivity index (χ0) is 15.8. The van der Waals surface area contributed by atoms with E-state index in [0.29, 0.717) is 12.8 Å². The normalized spacial score (nSPS) is 10.0. The van der Waals surface area contributed by atoms with E-state index in [1.807, 2.05) is 10.6 Å². The van der Waals surface area contributed by atoms with Gasteiger partial charge in [0, 0.05) is 12.8 Å². The third-order valence-corrected chi connectivity index (χ3v) is 2.50. The average molecular weight is 300 g/mol. The first-order valence-electron chi connectivity index (χ1n) is 6.17. The molecule has 1 aromatic carbocycles. The fourth-order valence-electron chi connectivity index (χ4n) is 1.50. The van der Waals surface area contributed by atoms with Crippen LogP contribution in [0.15, 0.2) is 18.2 Å². The van der Waals surface area contributed by atoms with Crippen LogP contribution in [-0.2, 0) is 9.59 Å². The molecule has 0 saturated carbocycles. The van der Waals surface area contributed by atoms with E-state index in [1.165, 1.54) is 6.07 Å². The number of amides is 3. The van der Waals surface area contributed by atoms with Crippen molar-refractivity contribution < 1.29 is 28.3 Å². The van der Waals surface area contributed by atoms with Gasteiger partial charge in [0.05, 0.1) is 5.69 Å². The molecule has 8 heteroatoms. The fraction of sp³-hybridized carbons (Fsp3) is 0.308. The molecule has 0 aliphatic heterocycles. The molecule has 3 amide bonds. The molecule has 3 N–H and O–H groups in total. The summed E-state index contributed by atoms with van der Waals surface area (Å²) in [7, 11) is 0. The van der Waals surface area contributed by atoms with Crippen molar-refractivity contribution in [1.29, 1.82) is 0 Å². The molecule has 0 unspecified atom stereocenters. The summed E-state index contributed by atoms with van der Waals surface area (Å²) in [6.45, 7) is 0. The van der Waals surface area contributed by atoms with Crippen LogP contribution < -0.4 is 10.6 Å². The van der Waals surface area contributed by atoms with Crippen LogP contribution in [0.1, 0.15) is 25.7 Å². The van der Waals surface area contributed by atoms with E-state index in [2.05, 4.69) is 0 Å². The number of aliphatic carboxylic acids is 1. The topological polar surface area (TPSA) is 95.5 Å². The number of carbonyl (C=O) groups excluding carboxylic acids is 2. The molecule has 0 atom stereocenters. The van der Waals surface area contributed by atoms with Crippen LogP contribution in [0.5, 0.6) is 0 Å². The molecule has 1 aromatic rings. The Morgan fingerprint density at radius 2 is 1.76 bits per heavy atom. The number of urea groups is 1. The van der Waals surface area contributed by atoms with E-state index >= 15 is 0 Å². The number of carbonyl (C=O) groups is 3. The number of benzene rings is 1. The van der Waals surface area contributed by atoms with Gasteiger partial charge < -0.3 is 10.4 Å². The Morgan fingerprint density at radius 3 is 2.43 bits per heavy atom. The molecule has 1 rings (SSSR count). The lowest BCUT2D eigenvalue weighted by Gasteiger charge is -2.07. The van der Waals surface area contributed by atoms with Crippen LogP contribution in [-0.4, -0.2) is 23.0 Å². The largest absolute Gasteiger partial charge is 0.481 e. The standard InChI is InChI=1S/C13H14F2N2O4/c14-8-4-3-5-9(12(8)15)16-13(21)17-10(18)6-1-2-7-11(19)20/h3-5H,1-2,6-7H2,(H,19,20)(H2,16,17,18,21). The summed E-state index contributed by atoms with van der Waals surface area (Å²) in [5.41, 5.74) is -0.383. The van der Waals surface area contributed by atoms with Gasteiger partial charge in [-0.25, -0.2) is 13.6 Å². The third-order valence-electron chi connectivity index (χ3n) is 2.50. The molecule has 0 fully saturated rings. The fourth-order valence-corrected chi connectivity index (χ4v) is 1.50. The monoisotopic (exact) mass is 300 g/mol. The highest BCUT2D eigenvalue weighted by Crippen LogP contribution is 2.16. The summed E-state index contributed by atoms with van der Waals surface area (Å²) in [4.78, 5) is 33.0. The van der Waals surface area contributed by atoms with Crippen LogP contribution >= 0.6 is 0 Å². The number of hydrogen-bond acceptors (Lipinski definition) is 3. The van der Waals surface area contributed by atoms with Crippen LogP contribution in [0.4, 0.5) is 19.3 Å². The van der Waals surface area contributed by atoms with Crippen LogP contribution in [0.3, 0.4) is 0 Å². The molecular formula is C13H14F2N2O4. The summed E-state index contributed by atoms with van der Waals surface area (Å²) in [5.74, 6) is -3.93. The Kier molecular flexibility index (Phi) is 6.25. The summed E-state index contributed by atoms with van der Waals surface area (Å²) in [6.07, 6.45) is 0.517. The third kappa shape index (κ3) is 5.98. The minimum Gasteiger partial charge on any atom is -0.481 e. The molecule has 6 nitrogen and oxygen atoms in total. The number of carboxylic acids is 1. The van der Waals surface area contributed by atoms with Gasteiger partial charge in [-0.15, -0.1) is 0 Å². The van der Waals surface area contributed by atoms with E-state index < -0.39 is 29.5 Å². The lowest BCUT2D eigenvalue weighted by atomic mass is 10.2. The van der Waals surface area contributed by atoms with Crippen molar-refractivity contribution >= 4 is 23.6 Å².